The molecule has 2 aromatic heterocycles. The number of hydrogen-bond donors (Lipinski definition) is 0. The zero-order valence-electron chi connectivity index (χ0n) is 14.5. The molecule has 0 aliphatic carbocycles. The topological polar surface area (TPSA) is 56.0 Å². The van der Waals surface area contributed by atoms with Crippen LogP contribution in [0.1, 0.15) is 27.2 Å². The monoisotopic (exact) mass is 357 g/mol. The van der Waals surface area contributed by atoms with Gasteiger partial charge in [-0.2, -0.15) is 10.2 Å². The summed E-state index contributed by atoms with van der Waals surface area (Å²) >= 11 is 6.46. The number of carbonyl (C=O) groups is 1. The molecule has 3 rings (SSSR count). The van der Waals surface area contributed by atoms with Crippen molar-refractivity contribution in [3.8, 4) is 0 Å². The highest BCUT2D eigenvalue weighted by molar-refractivity contribution is 6.33. The summed E-state index contributed by atoms with van der Waals surface area (Å²) in [5.41, 5.74) is 3.12. The molecule has 0 saturated heterocycles. The Bertz CT molecular complexity index is 884. The molecule has 1 amide bonds. The van der Waals surface area contributed by atoms with Gasteiger partial charge >= 0.3 is 0 Å². The minimum atomic E-state index is -0.148. The first-order valence-electron chi connectivity index (χ1n) is 7.95. The molecule has 0 aliphatic rings. The molecule has 0 atom stereocenters. The molecule has 25 heavy (non-hydrogen) atoms. The van der Waals surface area contributed by atoms with Gasteiger partial charge < -0.3 is 4.90 Å². The number of benzene rings is 1. The summed E-state index contributed by atoms with van der Waals surface area (Å²) < 4.78 is 3.38. The average molecular weight is 358 g/mol. The molecule has 2 heterocycles. The number of hydrogen-bond acceptors (Lipinski definition) is 3. The molecule has 0 spiro atoms. The van der Waals surface area contributed by atoms with E-state index < -0.39 is 0 Å². The Morgan fingerprint density at radius 3 is 2.60 bits per heavy atom. The van der Waals surface area contributed by atoms with Crippen LogP contribution >= 0.6 is 11.6 Å². The van der Waals surface area contributed by atoms with Crippen LogP contribution < -0.4 is 0 Å². The number of carbonyl (C=O) groups excluding carboxylic acids is 1. The summed E-state index contributed by atoms with van der Waals surface area (Å²) in [7, 11) is 3.60. The Hall–Kier alpha value is -2.60. The van der Waals surface area contributed by atoms with Crippen molar-refractivity contribution < 1.29 is 4.79 Å². The fourth-order valence-corrected chi connectivity index (χ4v) is 3.06. The van der Waals surface area contributed by atoms with Gasteiger partial charge in [-0.05, 0) is 12.5 Å². The number of rotatable bonds is 5. The highest BCUT2D eigenvalue weighted by Crippen LogP contribution is 2.23. The predicted octanol–water partition coefficient (Wildman–Crippen LogP) is 2.90. The van der Waals surface area contributed by atoms with E-state index >= 15 is 0 Å². The highest BCUT2D eigenvalue weighted by Gasteiger charge is 2.23. The van der Waals surface area contributed by atoms with E-state index in [2.05, 4.69) is 10.2 Å². The van der Waals surface area contributed by atoms with Gasteiger partial charge in [0.2, 0.25) is 0 Å². The van der Waals surface area contributed by atoms with Crippen LogP contribution in [0.25, 0.3) is 0 Å². The van der Waals surface area contributed by atoms with Crippen molar-refractivity contribution in [2.75, 3.05) is 7.05 Å². The van der Waals surface area contributed by atoms with E-state index in [0.717, 1.165) is 11.1 Å². The third-order valence-electron chi connectivity index (χ3n) is 3.98. The van der Waals surface area contributed by atoms with Crippen LogP contribution in [0, 0.1) is 6.92 Å². The summed E-state index contributed by atoms with van der Waals surface area (Å²) in [5.74, 6) is -0.148. The molecule has 7 heteroatoms. The number of halogens is 1. The standard InChI is InChI=1S/C18H20ClN5O/c1-13-16(18(25)22(2)10-15-9-20-23(3)11-15)17(19)24(21-13)12-14-7-5-4-6-8-14/h4-9,11H,10,12H2,1-3H3. The molecule has 0 radical (unpaired) electrons. The second kappa shape index (κ2) is 7.11. The molecule has 0 fully saturated rings. The highest BCUT2D eigenvalue weighted by atomic mass is 35.5. The molecular formula is C18H20ClN5O. The lowest BCUT2D eigenvalue weighted by Crippen LogP contribution is -2.26. The Morgan fingerprint density at radius 2 is 1.96 bits per heavy atom. The van der Waals surface area contributed by atoms with E-state index in [1.165, 1.54) is 0 Å². The van der Waals surface area contributed by atoms with Crippen LogP contribution in [0.15, 0.2) is 42.7 Å². The van der Waals surface area contributed by atoms with Crippen LogP contribution in [0.3, 0.4) is 0 Å². The molecule has 3 aromatic rings. The van der Waals surface area contributed by atoms with Crippen LogP contribution in [-0.4, -0.2) is 37.4 Å². The molecule has 0 N–H and O–H groups in total. The normalized spacial score (nSPS) is 10.9. The maximum Gasteiger partial charge on any atom is 0.258 e. The second-order valence-corrected chi connectivity index (χ2v) is 6.44. The van der Waals surface area contributed by atoms with Gasteiger partial charge in [0.1, 0.15) is 5.15 Å². The predicted molar refractivity (Wildman–Crippen MR) is 96.5 cm³/mol. The van der Waals surface area contributed by atoms with Gasteiger partial charge in [-0.1, -0.05) is 41.9 Å². The zero-order chi connectivity index (χ0) is 18.0. The van der Waals surface area contributed by atoms with E-state index in [1.807, 2.05) is 43.6 Å². The van der Waals surface area contributed by atoms with E-state index in [1.54, 1.807) is 34.4 Å². The number of aromatic nitrogens is 4. The van der Waals surface area contributed by atoms with Crippen LogP contribution in [0.2, 0.25) is 5.15 Å². The van der Waals surface area contributed by atoms with E-state index in [9.17, 15) is 4.79 Å². The third kappa shape index (κ3) is 3.74. The van der Waals surface area contributed by atoms with Crippen molar-refractivity contribution in [1.29, 1.82) is 0 Å². The largest absolute Gasteiger partial charge is 0.337 e. The van der Waals surface area contributed by atoms with Gasteiger partial charge in [0.15, 0.2) is 0 Å². The maximum absolute atomic E-state index is 12.8. The molecule has 130 valence electrons. The summed E-state index contributed by atoms with van der Waals surface area (Å²) in [6.45, 7) is 2.80. The first-order valence-corrected chi connectivity index (χ1v) is 8.33. The summed E-state index contributed by atoms with van der Waals surface area (Å²) in [6, 6.07) is 9.90. The first kappa shape index (κ1) is 17.2. The molecule has 6 nitrogen and oxygen atoms in total. The first-order chi connectivity index (χ1) is 12.0. The lowest BCUT2D eigenvalue weighted by atomic mass is 10.2. The molecule has 1 aromatic carbocycles. The van der Waals surface area contributed by atoms with Crippen molar-refractivity contribution in [3.63, 3.8) is 0 Å². The van der Waals surface area contributed by atoms with E-state index in [4.69, 9.17) is 11.6 Å². The Morgan fingerprint density at radius 1 is 1.24 bits per heavy atom. The van der Waals surface area contributed by atoms with Crippen molar-refractivity contribution >= 4 is 17.5 Å². The van der Waals surface area contributed by atoms with Gasteiger partial charge in [-0.3, -0.25) is 9.48 Å². The lowest BCUT2D eigenvalue weighted by molar-refractivity contribution is 0.0784. The van der Waals surface area contributed by atoms with Gasteiger partial charge in [0.25, 0.3) is 5.91 Å². The zero-order valence-corrected chi connectivity index (χ0v) is 15.2. The maximum atomic E-state index is 12.8. The Labute approximate surface area is 151 Å². The van der Waals surface area contributed by atoms with Crippen LogP contribution in [0.4, 0.5) is 0 Å². The SMILES string of the molecule is Cc1nn(Cc2ccccc2)c(Cl)c1C(=O)N(C)Cc1cnn(C)c1. The summed E-state index contributed by atoms with van der Waals surface area (Å²) in [5, 5.41) is 8.93. The minimum Gasteiger partial charge on any atom is -0.337 e. The Balaban J connectivity index is 1.80. The smallest absolute Gasteiger partial charge is 0.258 e. The average Bonchev–Trinajstić information content (AvgIpc) is 3.11. The van der Waals surface area contributed by atoms with Crippen molar-refractivity contribution in [2.45, 2.75) is 20.0 Å². The lowest BCUT2D eigenvalue weighted by Gasteiger charge is -2.16. The molecule has 0 bridgehead atoms. The van der Waals surface area contributed by atoms with Crippen LogP contribution in [-0.2, 0) is 20.1 Å². The van der Waals surface area contributed by atoms with Crippen molar-refractivity contribution in [1.82, 2.24) is 24.5 Å². The van der Waals surface area contributed by atoms with Gasteiger partial charge in [0, 0.05) is 32.4 Å². The summed E-state index contributed by atoms with van der Waals surface area (Å²) in [6.07, 6.45) is 3.63. The third-order valence-corrected chi connectivity index (χ3v) is 4.36. The number of nitrogens with zero attached hydrogens (tertiary/aromatic N) is 5. The number of aryl methyl sites for hydroxylation is 2. The summed E-state index contributed by atoms with van der Waals surface area (Å²) in [4.78, 5) is 14.4. The number of amides is 1. The molecule has 0 aliphatic heterocycles. The van der Waals surface area contributed by atoms with Crippen molar-refractivity contribution in [3.05, 3.63) is 70.3 Å². The molecule has 0 saturated carbocycles. The fourth-order valence-electron chi connectivity index (χ4n) is 2.75. The van der Waals surface area contributed by atoms with E-state index in [-0.39, 0.29) is 5.91 Å². The van der Waals surface area contributed by atoms with E-state index in [0.29, 0.717) is 29.5 Å². The fraction of sp³-hybridized carbons (Fsp3) is 0.278. The molecule has 0 unspecified atom stereocenters. The van der Waals surface area contributed by atoms with Gasteiger partial charge in [-0.15, -0.1) is 0 Å². The van der Waals surface area contributed by atoms with Crippen molar-refractivity contribution in [2.24, 2.45) is 7.05 Å². The second-order valence-electron chi connectivity index (χ2n) is 6.08. The minimum absolute atomic E-state index is 0.148. The quantitative estimate of drug-likeness (QED) is 0.705. The van der Waals surface area contributed by atoms with Gasteiger partial charge in [0.05, 0.1) is 24.0 Å². The van der Waals surface area contributed by atoms with Gasteiger partial charge in [-0.25, -0.2) is 4.68 Å². The Kier molecular flexibility index (Phi) is 4.90. The van der Waals surface area contributed by atoms with Crippen LogP contribution in [0.5, 0.6) is 0 Å². The molecular weight excluding hydrogens is 338 g/mol.